The summed E-state index contributed by atoms with van der Waals surface area (Å²) < 4.78 is 23.1. The lowest BCUT2D eigenvalue weighted by molar-refractivity contribution is 0.213. The van der Waals surface area contributed by atoms with Gasteiger partial charge in [0.1, 0.15) is 4.90 Å². The number of primary sulfonamides is 1. The lowest BCUT2D eigenvalue weighted by Crippen LogP contribution is -2.51. The molecule has 1 atom stereocenters. The quantitative estimate of drug-likeness (QED) is 0.790. The summed E-state index contributed by atoms with van der Waals surface area (Å²) in [6, 6.07) is 5.43. The highest BCUT2D eigenvalue weighted by Crippen LogP contribution is 2.30. The average Bonchev–Trinajstić information content (AvgIpc) is 2.38. The molecule has 0 spiro atoms. The zero-order valence-electron chi connectivity index (χ0n) is 11.9. The maximum absolute atomic E-state index is 11.5. The molecule has 1 fully saturated rings. The van der Waals surface area contributed by atoms with Crippen molar-refractivity contribution in [3.63, 3.8) is 0 Å². The fourth-order valence-electron chi connectivity index (χ4n) is 2.66. The first-order valence-electron chi connectivity index (χ1n) is 6.71. The molecular formula is C13H22N4O2S. The van der Waals surface area contributed by atoms with Gasteiger partial charge in [0.05, 0.1) is 11.4 Å². The van der Waals surface area contributed by atoms with E-state index in [1.165, 1.54) is 6.07 Å². The molecule has 1 aromatic rings. The van der Waals surface area contributed by atoms with Crippen LogP contribution in [0.5, 0.6) is 0 Å². The van der Waals surface area contributed by atoms with Gasteiger partial charge in [-0.1, -0.05) is 13.0 Å². The minimum Gasteiger partial charge on any atom is -0.396 e. The SMILES string of the molecule is CCC1CN(c2cccc(S(N)(=O)=O)c2N)CCN1C. The molecule has 7 heteroatoms. The number of hydrogen-bond acceptors (Lipinski definition) is 5. The molecule has 0 bridgehead atoms. The number of nitrogens with zero attached hydrogens (tertiary/aromatic N) is 2. The Morgan fingerprint density at radius 2 is 2.05 bits per heavy atom. The molecule has 1 unspecified atom stereocenters. The minimum atomic E-state index is -3.79. The number of para-hydroxylation sites is 1. The summed E-state index contributed by atoms with van der Waals surface area (Å²) >= 11 is 0. The van der Waals surface area contributed by atoms with Crippen LogP contribution in [0, 0.1) is 0 Å². The number of likely N-dealkylation sites (N-methyl/N-ethyl adjacent to an activating group) is 1. The lowest BCUT2D eigenvalue weighted by Gasteiger charge is -2.40. The Morgan fingerprint density at radius 1 is 1.35 bits per heavy atom. The van der Waals surface area contributed by atoms with Crippen molar-refractivity contribution in [3.8, 4) is 0 Å². The topological polar surface area (TPSA) is 92.7 Å². The van der Waals surface area contributed by atoms with Gasteiger partial charge in [0, 0.05) is 25.7 Å². The normalized spacial score (nSPS) is 21.1. The van der Waals surface area contributed by atoms with Crippen molar-refractivity contribution in [3.05, 3.63) is 18.2 Å². The summed E-state index contributed by atoms with van der Waals surface area (Å²) in [6.07, 6.45) is 1.04. The van der Waals surface area contributed by atoms with Crippen LogP contribution < -0.4 is 15.8 Å². The van der Waals surface area contributed by atoms with Gasteiger partial charge in [-0.05, 0) is 25.6 Å². The monoisotopic (exact) mass is 298 g/mol. The molecule has 1 aliphatic rings. The van der Waals surface area contributed by atoms with Crippen LogP contribution >= 0.6 is 0 Å². The van der Waals surface area contributed by atoms with Gasteiger partial charge in [-0.2, -0.15) is 0 Å². The number of nitrogen functional groups attached to an aromatic ring is 1. The highest BCUT2D eigenvalue weighted by molar-refractivity contribution is 7.89. The third-order valence-corrected chi connectivity index (χ3v) is 4.91. The fraction of sp³-hybridized carbons (Fsp3) is 0.538. The van der Waals surface area contributed by atoms with Gasteiger partial charge in [-0.15, -0.1) is 0 Å². The number of benzene rings is 1. The molecule has 2 rings (SSSR count). The molecule has 1 saturated heterocycles. The Bertz CT molecular complexity index is 588. The maximum atomic E-state index is 11.5. The fourth-order valence-corrected chi connectivity index (χ4v) is 3.34. The van der Waals surface area contributed by atoms with E-state index in [1.807, 2.05) is 6.07 Å². The van der Waals surface area contributed by atoms with Crippen LogP contribution in [0.15, 0.2) is 23.1 Å². The van der Waals surface area contributed by atoms with Crippen LogP contribution in [0.2, 0.25) is 0 Å². The Labute approximate surface area is 120 Å². The predicted molar refractivity (Wildman–Crippen MR) is 81.1 cm³/mol. The van der Waals surface area contributed by atoms with E-state index in [4.69, 9.17) is 10.9 Å². The van der Waals surface area contributed by atoms with Gasteiger partial charge in [-0.3, -0.25) is 4.90 Å². The summed E-state index contributed by atoms with van der Waals surface area (Å²) in [5.74, 6) is 0. The van der Waals surface area contributed by atoms with E-state index >= 15 is 0 Å². The van der Waals surface area contributed by atoms with Crippen LogP contribution in [0.4, 0.5) is 11.4 Å². The van der Waals surface area contributed by atoms with E-state index in [9.17, 15) is 8.42 Å². The second-order valence-corrected chi connectivity index (χ2v) is 6.75. The molecule has 20 heavy (non-hydrogen) atoms. The van der Waals surface area contributed by atoms with Crippen LogP contribution in [0.3, 0.4) is 0 Å². The van der Waals surface area contributed by atoms with Crippen molar-refractivity contribution in [1.82, 2.24) is 4.90 Å². The zero-order chi connectivity index (χ0) is 14.9. The average molecular weight is 298 g/mol. The number of hydrogen-bond donors (Lipinski definition) is 2. The van der Waals surface area contributed by atoms with Crippen molar-refractivity contribution in [2.75, 3.05) is 37.3 Å². The van der Waals surface area contributed by atoms with E-state index in [-0.39, 0.29) is 10.6 Å². The van der Waals surface area contributed by atoms with Crippen molar-refractivity contribution < 1.29 is 8.42 Å². The molecule has 0 aliphatic carbocycles. The molecule has 0 saturated carbocycles. The van der Waals surface area contributed by atoms with Gasteiger partial charge in [0.15, 0.2) is 0 Å². The molecule has 6 nitrogen and oxygen atoms in total. The molecule has 1 heterocycles. The Balaban J connectivity index is 2.35. The second-order valence-electron chi connectivity index (χ2n) is 5.22. The van der Waals surface area contributed by atoms with Crippen molar-refractivity contribution in [2.45, 2.75) is 24.3 Å². The maximum Gasteiger partial charge on any atom is 0.240 e. The van der Waals surface area contributed by atoms with Gasteiger partial charge in [-0.25, -0.2) is 13.6 Å². The molecule has 0 radical (unpaired) electrons. The Morgan fingerprint density at radius 3 is 2.65 bits per heavy atom. The first-order chi connectivity index (χ1) is 9.34. The lowest BCUT2D eigenvalue weighted by atomic mass is 10.1. The van der Waals surface area contributed by atoms with E-state index in [1.54, 1.807) is 6.07 Å². The van der Waals surface area contributed by atoms with Crippen molar-refractivity contribution >= 4 is 21.4 Å². The van der Waals surface area contributed by atoms with Gasteiger partial charge >= 0.3 is 0 Å². The van der Waals surface area contributed by atoms with Crippen LogP contribution in [-0.2, 0) is 10.0 Å². The summed E-state index contributed by atoms with van der Waals surface area (Å²) in [7, 11) is -1.68. The van der Waals surface area contributed by atoms with Crippen molar-refractivity contribution in [2.24, 2.45) is 5.14 Å². The molecule has 1 aromatic carbocycles. The second kappa shape index (κ2) is 5.59. The summed E-state index contributed by atoms with van der Waals surface area (Å²) in [6.45, 7) is 4.74. The van der Waals surface area contributed by atoms with E-state index in [0.29, 0.717) is 6.04 Å². The summed E-state index contributed by atoms with van der Waals surface area (Å²) in [4.78, 5) is 4.45. The standard InChI is InChI=1S/C13H22N4O2S/c1-3-10-9-17(8-7-16(10)2)11-5-4-6-12(13(11)14)20(15,18)19/h4-6,10H,3,7-9,14H2,1-2H3,(H2,15,18,19). The first-order valence-corrected chi connectivity index (χ1v) is 8.25. The number of anilines is 2. The molecule has 0 amide bonds. The van der Waals surface area contributed by atoms with Gasteiger partial charge < -0.3 is 10.6 Å². The van der Waals surface area contributed by atoms with Crippen LogP contribution in [-0.4, -0.2) is 46.0 Å². The first kappa shape index (κ1) is 15.1. The summed E-state index contributed by atoms with van der Waals surface area (Å²) in [5.41, 5.74) is 7.01. The van der Waals surface area contributed by atoms with Gasteiger partial charge in [0.2, 0.25) is 10.0 Å². The Kier molecular flexibility index (Phi) is 4.22. The minimum absolute atomic E-state index is 0.00183. The molecule has 0 aromatic heterocycles. The summed E-state index contributed by atoms with van der Waals surface area (Å²) in [5, 5.41) is 5.20. The van der Waals surface area contributed by atoms with E-state index < -0.39 is 10.0 Å². The molecular weight excluding hydrogens is 276 g/mol. The van der Waals surface area contributed by atoms with Crippen molar-refractivity contribution in [1.29, 1.82) is 0 Å². The smallest absolute Gasteiger partial charge is 0.240 e. The van der Waals surface area contributed by atoms with Crippen LogP contribution in [0.25, 0.3) is 0 Å². The highest BCUT2D eigenvalue weighted by Gasteiger charge is 2.25. The number of piperazine rings is 1. The number of sulfonamides is 1. The predicted octanol–water partition coefficient (Wildman–Crippen LogP) is 0.447. The van der Waals surface area contributed by atoms with E-state index in [2.05, 4.69) is 23.8 Å². The third-order valence-electron chi connectivity index (χ3n) is 3.94. The molecule has 4 N–H and O–H groups in total. The molecule has 1 aliphatic heterocycles. The highest BCUT2D eigenvalue weighted by atomic mass is 32.2. The zero-order valence-corrected chi connectivity index (χ0v) is 12.7. The Hall–Kier alpha value is -1.31. The van der Waals surface area contributed by atoms with Crippen LogP contribution in [0.1, 0.15) is 13.3 Å². The molecule has 112 valence electrons. The number of nitrogens with two attached hydrogens (primary N) is 2. The number of rotatable bonds is 3. The van der Waals surface area contributed by atoms with E-state index in [0.717, 1.165) is 31.7 Å². The third kappa shape index (κ3) is 2.89. The largest absolute Gasteiger partial charge is 0.396 e. The van der Waals surface area contributed by atoms with Gasteiger partial charge in [0.25, 0.3) is 0 Å².